The number of benzene rings is 2. The molecule has 3 rings (SSSR count). The van der Waals surface area contributed by atoms with Gasteiger partial charge in [0.1, 0.15) is 19.3 Å². The molecular weight excluding hydrogens is 336 g/mol. The fraction of sp³-hybridized carbons (Fsp3) is 0.150. The molecule has 132 valence electrons. The predicted octanol–water partition coefficient (Wildman–Crippen LogP) is 2.55. The van der Waals surface area contributed by atoms with Gasteiger partial charge in [0.25, 0.3) is 0 Å². The predicted molar refractivity (Wildman–Crippen MR) is 91.4 cm³/mol. The Morgan fingerprint density at radius 1 is 0.923 bits per heavy atom. The standard InChI is InChI=1S/C20H16O6/c21-17-13-24-16(12-25-19(22)14-7-3-1-4-8-14)11-18(17)26-20(23)15-9-5-2-6-10-15/h1-11,16H,12-13H2/t16-/m0/s1. The van der Waals surface area contributed by atoms with Crippen molar-refractivity contribution in [1.29, 1.82) is 0 Å². The highest BCUT2D eigenvalue weighted by atomic mass is 16.6. The van der Waals surface area contributed by atoms with Gasteiger partial charge in [0.15, 0.2) is 5.76 Å². The molecule has 0 aliphatic carbocycles. The maximum atomic E-state index is 12.1. The van der Waals surface area contributed by atoms with Gasteiger partial charge in [-0.25, -0.2) is 9.59 Å². The Kier molecular flexibility index (Phi) is 5.56. The molecule has 1 aliphatic heterocycles. The van der Waals surface area contributed by atoms with Crippen LogP contribution in [-0.4, -0.2) is 37.0 Å². The summed E-state index contributed by atoms with van der Waals surface area (Å²) in [6.07, 6.45) is 0.684. The van der Waals surface area contributed by atoms with Crippen molar-refractivity contribution in [1.82, 2.24) is 0 Å². The summed E-state index contributed by atoms with van der Waals surface area (Å²) in [5.41, 5.74) is 0.749. The fourth-order valence-corrected chi connectivity index (χ4v) is 2.30. The highest BCUT2D eigenvalue weighted by molar-refractivity contribution is 6.00. The summed E-state index contributed by atoms with van der Waals surface area (Å²) in [5, 5.41) is 0. The normalized spacial score (nSPS) is 16.5. The summed E-state index contributed by atoms with van der Waals surface area (Å²) in [6, 6.07) is 16.9. The van der Waals surface area contributed by atoms with Crippen LogP contribution in [0.4, 0.5) is 0 Å². The third kappa shape index (κ3) is 4.43. The number of ketones is 1. The molecule has 0 amide bonds. The maximum absolute atomic E-state index is 12.1. The summed E-state index contributed by atoms with van der Waals surface area (Å²) in [6.45, 7) is -0.338. The first-order chi connectivity index (χ1) is 12.6. The lowest BCUT2D eigenvalue weighted by Gasteiger charge is -2.20. The molecule has 0 saturated heterocycles. The fourth-order valence-electron chi connectivity index (χ4n) is 2.30. The van der Waals surface area contributed by atoms with E-state index in [1.54, 1.807) is 60.7 Å². The Hall–Kier alpha value is -3.25. The maximum Gasteiger partial charge on any atom is 0.343 e. The number of Topliss-reactive ketones (excluding diaryl/α,β-unsaturated/α-hetero) is 1. The molecule has 6 nitrogen and oxygen atoms in total. The third-order valence-corrected chi connectivity index (χ3v) is 3.64. The van der Waals surface area contributed by atoms with Crippen molar-refractivity contribution in [3.8, 4) is 0 Å². The second kappa shape index (κ2) is 8.22. The highest BCUT2D eigenvalue weighted by Crippen LogP contribution is 2.15. The summed E-state index contributed by atoms with van der Waals surface area (Å²) in [5.74, 6) is -1.68. The minimum atomic E-state index is -0.668. The minimum absolute atomic E-state index is 0.0899. The minimum Gasteiger partial charge on any atom is -0.459 e. The van der Waals surface area contributed by atoms with Gasteiger partial charge in [-0.05, 0) is 30.3 Å². The van der Waals surface area contributed by atoms with Gasteiger partial charge in [0.2, 0.25) is 5.78 Å². The molecule has 0 unspecified atom stereocenters. The van der Waals surface area contributed by atoms with Crippen LogP contribution in [0.25, 0.3) is 0 Å². The van der Waals surface area contributed by atoms with E-state index in [1.807, 2.05) is 0 Å². The molecule has 0 bridgehead atoms. The Balaban J connectivity index is 1.61. The zero-order chi connectivity index (χ0) is 18.4. The van der Waals surface area contributed by atoms with Crippen LogP contribution in [0, 0.1) is 0 Å². The number of carbonyl (C=O) groups excluding carboxylic acids is 3. The number of hydrogen-bond acceptors (Lipinski definition) is 6. The van der Waals surface area contributed by atoms with E-state index in [0.29, 0.717) is 11.1 Å². The monoisotopic (exact) mass is 352 g/mol. The smallest absolute Gasteiger partial charge is 0.343 e. The molecule has 1 atom stereocenters. The lowest BCUT2D eigenvalue weighted by molar-refractivity contribution is -0.126. The van der Waals surface area contributed by atoms with E-state index in [2.05, 4.69) is 0 Å². The number of hydrogen-bond donors (Lipinski definition) is 0. The molecule has 0 saturated carbocycles. The van der Waals surface area contributed by atoms with Gasteiger partial charge < -0.3 is 14.2 Å². The number of carbonyl (C=O) groups is 3. The van der Waals surface area contributed by atoms with Gasteiger partial charge in [-0.2, -0.15) is 0 Å². The van der Waals surface area contributed by atoms with Crippen molar-refractivity contribution < 1.29 is 28.6 Å². The molecule has 0 N–H and O–H groups in total. The van der Waals surface area contributed by atoms with Crippen LogP contribution in [0.5, 0.6) is 0 Å². The Morgan fingerprint density at radius 2 is 1.50 bits per heavy atom. The summed E-state index contributed by atoms with van der Waals surface area (Å²) in [4.78, 5) is 35.9. The van der Waals surface area contributed by atoms with Crippen LogP contribution < -0.4 is 0 Å². The molecule has 1 heterocycles. The van der Waals surface area contributed by atoms with E-state index in [9.17, 15) is 14.4 Å². The quantitative estimate of drug-likeness (QED) is 0.770. The number of rotatable bonds is 5. The van der Waals surface area contributed by atoms with Gasteiger partial charge >= 0.3 is 11.9 Å². The molecule has 26 heavy (non-hydrogen) atoms. The van der Waals surface area contributed by atoms with Crippen LogP contribution in [0.15, 0.2) is 72.5 Å². The topological polar surface area (TPSA) is 78.9 Å². The molecule has 0 radical (unpaired) electrons. The summed E-state index contributed by atoms with van der Waals surface area (Å²) < 4.78 is 15.6. The Bertz CT molecular complexity index is 826. The average molecular weight is 352 g/mol. The van der Waals surface area contributed by atoms with Crippen LogP contribution in [0.3, 0.4) is 0 Å². The molecular formula is C20H16O6. The van der Waals surface area contributed by atoms with Gasteiger partial charge in [0, 0.05) is 0 Å². The lowest BCUT2D eigenvalue weighted by atomic mass is 10.2. The van der Waals surface area contributed by atoms with E-state index in [1.165, 1.54) is 6.08 Å². The van der Waals surface area contributed by atoms with Crippen LogP contribution >= 0.6 is 0 Å². The van der Waals surface area contributed by atoms with Crippen molar-refractivity contribution in [2.75, 3.05) is 13.2 Å². The average Bonchev–Trinajstić information content (AvgIpc) is 2.69. The third-order valence-electron chi connectivity index (χ3n) is 3.64. The van der Waals surface area contributed by atoms with Crippen molar-refractivity contribution >= 4 is 17.7 Å². The van der Waals surface area contributed by atoms with Gasteiger partial charge in [0.05, 0.1) is 11.1 Å². The molecule has 0 fully saturated rings. The molecule has 0 spiro atoms. The van der Waals surface area contributed by atoms with E-state index < -0.39 is 23.8 Å². The summed E-state index contributed by atoms with van der Waals surface area (Å²) in [7, 11) is 0. The first-order valence-electron chi connectivity index (χ1n) is 7.99. The first-order valence-corrected chi connectivity index (χ1v) is 7.99. The Morgan fingerprint density at radius 3 is 2.12 bits per heavy atom. The van der Waals surface area contributed by atoms with Crippen molar-refractivity contribution in [3.05, 3.63) is 83.6 Å². The van der Waals surface area contributed by atoms with Crippen molar-refractivity contribution in [2.45, 2.75) is 6.10 Å². The van der Waals surface area contributed by atoms with Crippen molar-refractivity contribution in [2.24, 2.45) is 0 Å². The second-order valence-electron chi connectivity index (χ2n) is 5.52. The van der Waals surface area contributed by atoms with Crippen LogP contribution in [0.1, 0.15) is 20.7 Å². The zero-order valence-corrected chi connectivity index (χ0v) is 13.8. The summed E-state index contributed by atoms with van der Waals surface area (Å²) >= 11 is 0. The molecule has 2 aromatic carbocycles. The molecule has 6 heteroatoms. The van der Waals surface area contributed by atoms with Gasteiger partial charge in [-0.1, -0.05) is 36.4 Å². The van der Waals surface area contributed by atoms with Gasteiger partial charge in [-0.15, -0.1) is 0 Å². The molecule has 2 aromatic rings. The SMILES string of the molecule is O=C1CO[C@H](COC(=O)c2ccccc2)C=C1OC(=O)c1ccccc1. The molecule has 1 aliphatic rings. The van der Waals surface area contributed by atoms with E-state index in [0.717, 1.165) is 0 Å². The number of esters is 2. The van der Waals surface area contributed by atoms with Crippen molar-refractivity contribution in [3.63, 3.8) is 0 Å². The lowest BCUT2D eigenvalue weighted by Crippen LogP contribution is -2.31. The largest absolute Gasteiger partial charge is 0.459 e. The van der Waals surface area contributed by atoms with E-state index in [-0.39, 0.29) is 19.0 Å². The zero-order valence-electron chi connectivity index (χ0n) is 13.8. The van der Waals surface area contributed by atoms with Gasteiger partial charge in [-0.3, -0.25) is 4.79 Å². The van der Waals surface area contributed by atoms with E-state index >= 15 is 0 Å². The Labute approximate surface area is 150 Å². The van der Waals surface area contributed by atoms with E-state index in [4.69, 9.17) is 14.2 Å². The number of ether oxygens (including phenoxy) is 3. The van der Waals surface area contributed by atoms with Crippen LogP contribution in [-0.2, 0) is 19.0 Å². The molecule has 0 aromatic heterocycles. The highest BCUT2D eigenvalue weighted by Gasteiger charge is 2.26. The second-order valence-corrected chi connectivity index (χ2v) is 5.52. The first kappa shape index (κ1) is 17.6. The van der Waals surface area contributed by atoms with Crippen LogP contribution in [0.2, 0.25) is 0 Å².